The van der Waals surface area contributed by atoms with Crippen molar-refractivity contribution >= 4 is 35.3 Å². The van der Waals surface area contributed by atoms with Gasteiger partial charge in [-0.1, -0.05) is 74.0 Å². The molecule has 2 aromatic carbocycles. The normalized spacial score (nSPS) is 12.9. The van der Waals surface area contributed by atoms with E-state index in [2.05, 4.69) is 20.8 Å². The summed E-state index contributed by atoms with van der Waals surface area (Å²) in [7, 11) is 0. The second kappa shape index (κ2) is 15.1. The molecule has 0 aliphatic rings. The van der Waals surface area contributed by atoms with E-state index >= 15 is 0 Å². The van der Waals surface area contributed by atoms with E-state index in [1.165, 1.54) is 29.8 Å². The van der Waals surface area contributed by atoms with Gasteiger partial charge in [-0.15, -0.1) is 11.3 Å². The number of hydrogen-bond donors (Lipinski definition) is 2. The highest BCUT2D eigenvalue weighted by atomic mass is 32.1. The van der Waals surface area contributed by atoms with Gasteiger partial charge in [0.15, 0.2) is 0 Å². The minimum absolute atomic E-state index is 0.0262. The molecule has 0 fully saturated rings. The fourth-order valence-electron chi connectivity index (χ4n) is 4.46. The van der Waals surface area contributed by atoms with E-state index in [1.54, 1.807) is 6.07 Å². The molecule has 2 heterocycles. The number of rotatable bonds is 12. The van der Waals surface area contributed by atoms with Gasteiger partial charge in [0, 0.05) is 17.0 Å². The van der Waals surface area contributed by atoms with E-state index in [4.69, 9.17) is 4.52 Å². The van der Waals surface area contributed by atoms with Gasteiger partial charge in [0.05, 0.1) is 17.8 Å². The molecule has 4 rings (SSSR count). The van der Waals surface area contributed by atoms with Crippen LogP contribution in [0.25, 0.3) is 23.4 Å². The highest BCUT2D eigenvalue weighted by Crippen LogP contribution is 2.28. The average Bonchev–Trinajstić information content (AvgIpc) is 3.74. The zero-order valence-corrected chi connectivity index (χ0v) is 24.6. The molecule has 2 aromatic heterocycles. The zero-order chi connectivity index (χ0) is 30.6. The van der Waals surface area contributed by atoms with Crippen molar-refractivity contribution in [2.75, 3.05) is 0 Å². The van der Waals surface area contributed by atoms with Crippen molar-refractivity contribution in [1.82, 2.24) is 20.8 Å². The monoisotopic (exact) mass is 590 g/mol. The third kappa shape index (κ3) is 8.13. The first-order chi connectivity index (χ1) is 20.9. The van der Waals surface area contributed by atoms with E-state index < -0.39 is 11.8 Å². The Balaban J connectivity index is 1.51. The smallest absolute Gasteiger partial charge is 0.262 e. The molecule has 0 spiro atoms. The number of nitrogens with one attached hydrogen (secondary N) is 2. The van der Waals surface area contributed by atoms with Gasteiger partial charge in [-0.25, -0.2) is 4.98 Å². The number of amides is 2. The molecule has 9 nitrogen and oxygen atoms in total. The molecule has 216 valence electrons. The Labute approximate surface area is 254 Å². The van der Waals surface area contributed by atoms with Gasteiger partial charge in [-0.3, -0.25) is 9.59 Å². The summed E-state index contributed by atoms with van der Waals surface area (Å²) in [6.45, 7) is 3.99. The van der Waals surface area contributed by atoms with Crippen molar-refractivity contribution in [2.24, 2.45) is 0 Å². The lowest BCUT2D eigenvalue weighted by molar-refractivity contribution is -0.118. The SMILES string of the molecule is CCCC(NC(=O)/C(C#N)=C/c1ccon1)c1cccc(-c2csc(/C=C(\C#N)C(=O)NC(CC)c3ccccc3)n2)c1. The molecule has 10 heteroatoms. The van der Waals surface area contributed by atoms with Crippen molar-refractivity contribution in [1.29, 1.82) is 10.5 Å². The minimum atomic E-state index is -0.504. The summed E-state index contributed by atoms with van der Waals surface area (Å²) in [6, 6.07) is 22.2. The lowest BCUT2D eigenvalue weighted by atomic mass is 9.99. The number of nitrogens with zero attached hydrogens (tertiary/aromatic N) is 4. The number of carbonyl (C=O) groups excluding carboxylic acids is 2. The molecular formula is C33H30N6O3S. The van der Waals surface area contributed by atoms with Crippen LogP contribution in [-0.4, -0.2) is 22.0 Å². The predicted molar refractivity (Wildman–Crippen MR) is 165 cm³/mol. The summed E-state index contributed by atoms with van der Waals surface area (Å²) >= 11 is 1.32. The van der Waals surface area contributed by atoms with Crippen LogP contribution < -0.4 is 10.6 Å². The summed E-state index contributed by atoms with van der Waals surface area (Å²) in [5.41, 5.74) is 3.61. The largest absolute Gasteiger partial charge is 0.364 e. The number of hydrogen-bond acceptors (Lipinski definition) is 8. The quantitative estimate of drug-likeness (QED) is 0.141. The molecule has 0 aliphatic carbocycles. The number of carbonyl (C=O) groups is 2. The summed E-state index contributed by atoms with van der Waals surface area (Å²) in [5, 5.41) is 31.3. The first-order valence-corrected chi connectivity index (χ1v) is 14.7. The molecule has 2 amide bonds. The van der Waals surface area contributed by atoms with Crippen molar-refractivity contribution in [2.45, 2.75) is 45.2 Å². The predicted octanol–water partition coefficient (Wildman–Crippen LogP) is 6.54. The minimum Gasteiger partial charge on any atom is -0.364 e. The Bertz CT molecular complexity index is 1690. The van der Waals surface area contributed by atoms with Gasteiger partial charge < -0.3 is 15.2 Å². The lowest BCUT2D eigenvalue weighted by Crippen LogP contribution is -2.29. The van der Waals surface area contributed by atoms with Crippen LogP contribution >= 0.6 is 11.3 Å². The molecule has 0 radical (unpaired) electrons. The zero-order valence-electron chi connectivity index (χ0n) is 23.8. The van der Waals surface area contributed by atoms with Crippen LogP contribution in [0.15, 0.2) is 88.0 Å². The van der Waals surface area contributed by atoms with E-state index in [1.807, 2.05) is 86.0 Å². The average molecular weight is 591 g/mol. The highest BCUT2D eigenvalue weighted by Gasteiger charge is 2.19. The maximum atomic E-state index is 12.9. The van der Waals surface area contributed by atoms with Crippen molar-refractivity contribution in [3.05, 3.63) is 105 Å². The molecular weight excluding hydrogens is 560 g/mol. The lowest BCUT2D eigenvalue weighted by Gasteiger charge is -2.19. The second-order valence-corrected chi connectivity index (χ2v) is 10.5. The standard InChI is InChI=1S/C33H30N6O3S/c1-3-9-29(38-32(40)25(19-34)17-27-14-15-42-39-27)23-12-8-13-24(16-23)30-21-43-31(36-30)18-26(20-35)33(41)37-28(4-2)22-10-6-5-7-11-22/h5-8,10-18,21,28-29H,3-4,9H2,1-2H3,(H,37,41)(H,38,40)/b25-17+,26-18+. The fourth-order valence-corrected chi connectivity index (χ4v) is 5.21. The van der Waals surface area contributed by atoms with Crippen LogP contribution in [0.4, 0.5) is 0 Å². The Morgan fingerprint density at radius 3 is 2.28 bits per heavy atom. The van der Waals surface area contributed by atoms with Gasteiger partial charge in [-0.05, 0) is 42.2 Å². The fraction of sp³-hybridized carbons (Fsp3) is 0.212. The number of benzene rings is 2. The third-order valence-corrected chi connectivity index (χ3v) is 7.44. The summed E-state index contributed by atoms with van der Waals surface area (Å²) < 4.78 is 4.78. The van der Waals surface area contributed by atoms with Crippen LogP contribution in [0.3, 0.4) is 0 Å². The highest BCUT2D eigenvalue weighted by molar-refractivity contribution is 7.10. The van der Waals surface area contributed by atoms with Crippen LogP contribution in [0.2, 0.25) is 0 Å². The van der Waals surface area contributed by atoms with Gasteiger partial charge in [0.2, 0.25) is 0 Å². The third-order valence-electron chi connectivity index (χ3n) is 6.65. The van der Waals surface area contributed by atoms with E-state index in [0.29, 0.717) is 29.2 Å². The second-order valence-electron chi connectivity index (χ2n) is 9.62. The van der Waals surface area contributed by atoms with Crippen LogP contribution in [0.5, 0.6) is 0 Å². The number of thiazole rings is 1. The Morgan fingerprint density at radius 1 is 0.930 bits per heavy atom. The van der Waals surface area contributed by atoms with Crippen LogP contribution in [0, 0.1) is 22.7 Å². The molecule has 0 saturated carbocycles. The summed E-state index contributed by atoms with van der Waals surface area (Å²) in [6.07, 6.45) is 6.39. The molecule has 2 atom stereocenters. The Kier molecular flexibility index (Phi) is 10.7. The Hall–Kier alpha value is -5.32. The molecule has 0 bridgehead atoms. The molecule has 0 aliphatic heterocycles. The molecule has 2 unspecified atom stereocenters. The molecule has 4 aromatic rings. The summed E-state index contributed by atoms with van der Waals surface area (Å²) in [5.74, 6) is -0.959. The molecule has 43 heavy (non-hydrogen) atoms. The van der Waals surface area contributed by atoms with E-state index in [9.17, 15) is 20.1 Å². The summed E-state index contributed by atoms with van der Waals surface area (Å²) in [4.78, 5) is 30.5. The number of nitriles is 2. The van der Waals surface area contributed by atoms with Gasteiger partial charge in [0.1, 0.15) is 40.2 Å². The maximum absolute atomic E-state index is 12.9. The van der Waals surface area contributed by atoms with Crippen LogP contribution in [0.1, 0.15) is 67.0 Å². The maximum Gasteiger partial charge on any atom is 0.262 e. The van der Waals surface area contributed by atoms with Gasteiger partial charge in [-0.2, -0.15) is 10.5 Å². The van der Waals surface area contributed by atoms with Gasteiger partial charge >= 0.3 is 0 Å². The van der Waals surface area contributed by atoms with Crippen molar-refractivity contribution in [3.63, 3.8) is 0 Å². The first-order valence-electron chi connectivity index (χ1n) is 13.8. The van der Waals surface area contributed by atoms with E-state index in [-0.39, 0.29) is 23.2 Å². The van der Waals surface area contributed by atoms with E-state index in [0.717, 1.165) is 23.1 Å². The first kappa shape index (κ1) is 30.6. The van der Waals surface area contributed by atoms with Gasteiger partial charge in [0.25, 0.3) is 11.8 Å². The molecule has 2 N–H and O–H groups in total. The Morgan fingerprint density at radius 2 is 1.63 bits per heavy atom. The van der Waals surface area contributed by atoms with Crippen LogP contribution in [-0.2, 0) is 9.59 Å². The topological polar surface area (TPSA) is 145 Å². The van der Waals surface area contributed by atoms with Crippen molar-refractivity contribution in [3.8, 4) is 23.4 Å². The number of aromatic nitrogens is 2. The van der Waals surface area contributed by atoms with Crippen molar-refractivity contribution < 1.29 is 14.1 Å². The molecule has 0 saturated heterocycles.